The standard InChI is InChI=1S/C21H25N5O/c1-13(2)21(27)25-15-4-6-20-18(10-15)17-9-14(22)3-5-19(17)26(20)12-16-11-23-7-8-24-16/h3,5,7-9,11,13,15H,4,6,10,12,22H2,1-2H3,(H,25,27)/t15-/m1/s1. The van der Waals surface area contributed by atoms with Crippen LogP contribution in [0.3, 0.4) is 0 Å². The lowest BCUT2D eigenvalue weighted by Gasteiger charge is -2.26. The highest BCUT2D eigenvalue weighted by molar-refractivity contribution is 5.89. The molecule has 0 fully saturated rings. The van der Waals surface area contributed by atoms with Gasteiger partial charge in [-0.1, -0.05) is 13.8 Å². The van der Waals surface area contributed by atoms with Gasteiger partial charge in [0.25, 0.3) is 0 Å². The van der Waals surface area contributed by atoms with Crippen molar-refractivity contribution in [2.45, 2.75) is 45.7 Å². The Kier molecular flexibility index (Phi) is 4.56. The fraction of sp³-hybridized carbons (Fsp3) is 0.381. The quantitative estimate of drug-likeness (QED) is 0.698. The first-order chi connectivity index (χ1) is 13.0. The minimum atomic E-state index is 0.0000359. The predicted molar refractivity (Wildman–Crippen MR) is 106 cm³/mol. The summed E-state index contributed by atoms with van der Waals surface area (Å²) >= 11 is 0. The van der Waals surface area contributed by atoms with E-state index in [1.165, 1.54) is 16.6 Å². The summed E-state index contributed by atoms with van der Waals surface area (Å²) in [6.07, 6.45) is 7.93. The first-order valence-corrected chi connectivity index (χ1v) is 9.47. The topological polar surface area (TPSA) is 85.8 Å². The maximum Gasteiger partial charge on any atom is 0.222 e. The third-order valence-electron chi connectivity index (χ3n) is 5.30. The average molecular weight is 363 g/mol. The van der Waals surface area contributed by atoms with Crippen molar-refractivity contribution in [1.29, 1.82) is 0 Å². The number of nitrogens with two attached hydrogens (primary N) is 1. The normalized spacial score (nSPS) is 16.5. The average Bonchev–Trinajstić information content (AvgIpc) is 2.95. The summed E-state index contributed by atoms with van der Waals surface area (Å²) in [4.78, 5) is 20.8. The summed E-state index contributed by atoms with van der Waals surface area (Å²) in [6, 6.07) is 6.25. The van der Waals surface area contributed by atoms with Gasteiger partial charge in [0, 0.05) is 46.6 Å². The summed E-state index contributed by atoms with van der Waals surface area (Å²) in [5.74, 6) is 0.117. The van der Waals surface area contributed by atoms with Gasteiger partial charge in [0.15, 0.2) is 0 Å². The van der Waals surface area contributed by atoms with Crippen LogP contribution in [0, 0.1) is 5.92 Å². The van der Waals surface area contributed by atoms with Crippen LogP contribution in [0.1, 0.15) is 37.2 Å². The highest BCUT2D eigenvalue weighted by Crippen LogP contribution is 2.34. The van der Waals surface area contributed by atoms with Gasteiger partial charge in [-0.3, -0.25) is 14.8 Å². The van der Waals surface area contributed by atoms with Crippen LogP contribution in [0.15, 0.2) is 36.8 Å². The SMILES string of the molecule is CC(C)C(=O)N[C@@H]1CCc2c(c3cc(N)ccc3n2Cc2cnccn2)C1. The lowest BCUT2D eigenvalue weighted by molar-refractivity contribution is -0.124. The van der Waals surface area contributed by atoms with Crippen molar-refractivity contribution in [3.05, 3.63) is 53.7 Å². The number of hydrogen-bond donors (Lipinski definition) is 2. The second kappa shape index (κ2) is 7.02. The molecule has 27 heavy (non-hydrogen) atoms. The zero-order valence-corrected chi connectivity index (χ0v) is 15.8. The maximum atomic E-state index is 12.1. The molecule has 0 aliphatic heterocycles. The molecule has 0 bridgehead atoms. The number of carbonyl (C=O) groups is 1. The Balaban J connectivity index is 1.73. The minimum Gasteiger partial charge on any atom is -0.399 e. The number of fused-ring (bicyclic) bond motifs is 3. The molecule has 3 aromatic rings. The van der Waals surface area contributed by atoms with Crippen molar-refractivity contribution in [1.82, 2.24) is 19.9 Å². The fourth-order valence-corrected chi connectivity index (χ4v) is 3.91. The van der Waals surface area contributed by atoms with Crippen molar-refractivity contribution < 1.29 is 4.79 Å². The van der Waals surface area contributed by atoms with Crippen LogP contribution in [-0.2, 0) is 24.2 Å². The van der Waals surface area contributed by atoms with Gasteiger partial charge in [-0.25, -0.2) is 0 Å². The zero-order valence-electron chi connectivity index (χ0n) is 15.8. The number of aromatic nitrogens is 3. The number of benzene rings is 1. The van der Waals surface area contributed by atoms with Crippen molar-refractivity contribution in [2.75, 3.05) is 5.73 Å². The number of amides is 1. The lowest BCUT2D eigenvalue weighted by atomic mass is 9.91. The summed E-state index contributed by atoms with van der Waals surface area (Å²) in [6.45, 7) is 4.54. The van der Waals surface area contributed by atoms with Crippen molar-refractivity contribution in [3.63, 3.8) is 0 Å². The zero-order chi connectivity index (χ0) is 19.0. The Labute approximate surface area is 158 Å². The van der Waals surface area contributed by atoms with Crippen molar-refractivity contribution >= 4 is 22.5 Å². The van der Waals surface area contributed by atoms with Gasteiger partial charge in [-0.15, -0.1) is 0 Å². The van der Waals surface area contributed by atoms with E-state index in [2.05, 4.69) is 25.9 Å². The van der Waals surface area contributed by atoms with E-state index in [0.29, 0.717) is 6.54 Å². The number of nitrogens with one attached hydrogen (secondary N) is 1. The molecule has 1 amide bonds. The smallest absolute Gasteiger partial charge is 0.222 e. The lowest BCUT2D eigenvalue weighted by Crippen LogP contribution is -2.41. The molecule has 1 atom stereocenters. The number of anilines is 1. The Morgan fingerprint density at radius 2 is 2.22 bits per heavy atom. The Hall–Kier alpha value is -2.89. The molecule has 0 saturated carbocycles. The molecule has 3 N–H and O–H groups in total. The summed E-state index contributed by atoms with van der Waals surface area (Å²) in [5.41, 5.74) is 11.5. The molecule has 2 aromatic heterocycles. The molecule has 1 aliphatic rings. The third kappa shape index (κ3) is 3.39. The Bertz CT molecular complexity index is 977. The molecule has 4 rings (SSSR count). The van der Waals surface area contributed by atoms with E-state index in [-0.39, 0.29) is 17.9 Å². The molecule has 1 aromatic carbocycles. The molecule has 6 heteroatoms. The first kappa shape index (κ1) is 17.5. The van der Waals surface area contributed by atoms with Gasteiger partial charge < -0.3 is 15.6 Å². The molecule has 6 nitrogen and oxygen atoms in total. The Morgan fingerprint density at radius 1 is 1.37 bits per heavy atom. The molecule has 0 unspecified atom stereocenters. The second-order valence-corrected chi connectivity index (χ2v) is 7.59. The summed E-state index contributed by atoms with van der Waals surface area (Å²) < 4.78 is 2.33. The van der Waals surface area contributed by atoms with Crippen LogP contribution in [0.4, 0.5) is 5.69 Å². The summed E-state index contributed by atoms with van der Waals surface area (Å²) in [7, 11) is 0. The largest absolute Gasteiger partial charge is 0.399 e. The van der Waals surface area contributed by atoms with Gasteiger partial charge in [0.2, 0.25) is 5.91 Å². The van der Waals surface area contributed by atoms with E-state index in [0.717, 1.165) is 36.2 Å². The monoisotopic (exact) mass is 363 g/mol. The fourth-order valence-electron chi connectivity index (χ4n) is 3.91. The van der Waals surface area contributed by atoms with Crippen LogP contribution >= 0.6 is 0 Å². The molecule has 140 valence electrons. The van der Waals surface area contributed by atoms with Crippen molar-refractivity contribution in [2.24, 2.45) is 5.92 Å². The van der Waals surface area contributed by atoms with Gasteiger partial charge >= 0.3 is 0 Å². The van der Waals surface area contributed by atoms with Gasteiger partial charge in [0.05, 0.1) is 18.4 Å². The molecule has 0 saturated heterocycles. The van der Waals surface area contributed by atoms with Gasteiger partial charge in [-0.2, -0.15) is 0 Å². The molecular formula is C21H25N5O. The third-order valence-corrected chi connectivity index (χ3v) is 5.30. The molecule has 2 heterocycles. The number of nitrogen functional groups attached to an aromatic ring is 1. The molecule has 0 radical (unpaired) electrons. The van der Waals surface area contributed by atoms with E-state index < -0.39 is 0 Å². The Morgan fingerprint density at radius 3 is 2.96 bits per heavy atom. The van der Waals surface area contributed by atoms with Crippen LogP contribution in [0.25, 0.3) is 10.9 Å². The second-order valence-electron chi connectivity index (χ2n) is 7.59. The van der Waals surface area contributed by atoms with E-state index in [9.17, 15) is 4.79 Å². The van der Waals surface area contributed by atoms with Gasteiger partial charge in [-0.05, 0) is 43.0 Å². The van der Waals surface area contributed by atoms with E-state index >= 15 is 0 Å². The van der Waals surface area contributed by atoms with Crippen molar-refractivity contribution in [3.8, 4) is 0 Å². The summed E-state index contributed by atoms with van der Waals surface area (Å²) in [5, 5.41) is 4.37. The first-order valence-electron chi connectivity index (χ1n) is 9.47. The molecule has 0 spiro atoms. The number of hydrogen-bond acceptors (Lipinski definition) is 4. The van der Waals surface area contributed by atoms with Crippen LogP contribution < -0.4 is 11.1 Å². The number of carbonyl (C=O) groups excluding carboxylic acids is 1. The van der Waals surface area contributed by atoms with Crippen LogP contribution in [-0.4, -0.2) is 26.5 Å². The van der Waals surface area contributed by atoms with Crippen LogP contribution in [0.5, 0.6) is 0 Å². The maximum absolute atomic E-state index is 12.1. The van der Waals surface area contributed by atoms with E-state index in [1.54, 1.807) is 12.4 Å². The molecule has 1 aliphatic carbocycles. The predicted octanol–water partition coefficient (Wildman–Crippen LogP) is 2.69. The molecular weight excluding hydrogens is 338 g/mol. The number of rotatable bonds is 4. The minimum absolute atomic E-state index is 0.0000359. The highest BCUT2D eigenvalue weighted by atomic mass is 16.1. The van der Waals surface area contributed by atoms with E-state index in [1.807, 2.05) is 32.2 Å². The number of nitrogens with zero attached hydrogens (tertiary/aromatic N) is 3. The van der Waals surface area contributed by atoms with Gasteiger partial charge in [0.1, 0.15) is 0 Å². The highest BCUT2D eigenvalue weighted by Gasteiger charge is 2.27. The van der Waals surface area contributed by atoms with E-state index in [4.69, 9.17) is 5.73 Å². The van der Waals surface area contributed by atoms with Crippen LogP contribution in [0.2, 0.25) is 0 Å².